The van der Waals surface area contributed by atoms with Crippen molar-refractivity contribution in [2.75, 3.05) is 20.3 Å². The number of nitrogens with zero attached hydrogens (tertiary/aromatic N) is 1. The summed E-state index contributed by atoms with van der Waals surface area (Å²) in [6.45, 7) is 1.85. The first-order valence-corrected chi connectivity index (χ1v) is 4.69. The van der Waals surface area contributed by atoms with Gasteiger partial charge in [-0.15, -0.1) is 0 Å². The van der Waals surface area contributed by atoms with E-state index in [1.54, 1.807) is 19.5 Å². The Bertz CT molecular complexity index is 226. The third-order valence-corrected chi connectivity index (χ3v) is 1.86. The highest BCUT2D eigenvalue weighted by molar-refractivity contribution is 4.85. The van der Waals surface area contributed by atoms with Crippen LogP contribution in [-0.2, 0) is 11.3 Å². The summed E-state index contributed by atoms with van der Waals surface area (Å²) < 4.78 is 4.81. The number of aliphatic hydroxyl groups is 1. The summed E-state index contributed by atoms with van der Waals surface area (Å²) >= 11 is 0. The van der Waals surface area contributed by atoms with Gasteiger partial charge in [-0.05, 0) is 13.0 Å². The lowest BCUT2D eigenvalue weighted by Gasteiger charge is -2.09. The van der Waals surface area contributed by atoms with Crippen LogP contribution in [0.25, 0.3) is 0 Å². The van der Waals surface area contributed by atoms with Crippen LogP contribution in [-0.4, -0.2) is 41.4 Å². The van der Waals surface area contributed by atoms with Crippen LogP contribution in [0.3, 0.4) is 0 Å². The molecule has 0 aliphatic heterocycles. The van der Waals surface area contributed by atoms with Crippen molar-refractivity contribution in [3.05, 3.63) is 18.2 Å². The number of hydrogen-bond donors (Lipinski definition) is 3. The zero-order valence-corrected chi connectivity index (χ0v) is 8.36. The predicted molar refractivity (Wildman–Crippen MR) is 52.8 cm³/mol. The molecular formula is C9H17N3O2. The van der Waals surface area contributed by atoms with E-state index in [4.69, 9.17) is 4.74 Å². The first-order valence-electron chi connectivity index (χ1n) is 4.69. The molecule has 1 aromatic rings. The van der Waals surface area contributed by atoms with E-state index in [9.17, 15) is 5.11 Å². The topological polar surface area (TPSA) is 70.2 Å². The van der Waals surface area contributed by atoms with E-state index in [-0.39, 0.29) is 6.10 Å². The molecule has 1 heterocycles. The molecule has 1 unspecified atom stereocenters. The smallest absolute Gasteiger partial charge is 0.120 e. The normalized spacial score (nSPS) is 13.0. The van der Waals surface area contributed by atoms with E-state index in [0.29, 0.717) is 19.6 Å². The molecule has 0 amide bonds. The molecule has 1 aromatic heterocycles. The molecule has 0 bridgehead atoms. The van der Waals surface area contributed by atoms with Crippen LogP contribution in [0, 0.1) is 0 Å². The molecule has 0 spiro atoms. The van der Waals surface area contributed by atoms with Gasteiger partial charge in [-0.1, -0.05) is 0 Å². The zero-order chi connectivity index (χ0) is 10.2. The van der Waals surface area contributed by atoms with Crippen LogP contribution in [0.2, 0.25) is 0 Å². The molecule has 0 aliphatic rings. The van der Waals surface area contributed by atoms with Crippen LogP contribution in [0.15, 0.2) is 12.4 Å². The van der Waals surface area contributed by atoms with Gasteiger partial charge in [0, 0.05) is 19.5 Å². The van der Waals surface area contributed by atoms with Crippen molar-refractivity contribution in [3.63, 3.8) is 0 Å². The van der Waals surface area contributed by atoms with E-state index < -0.39 is 0 Å². The lowest BCUT2D eigenvalue weighted by molar-refractivity contribution is 0.0594. The summed E-state index contributed by atoms with van der Waals surface area (Å²) in [4.78, 5) is 7.05. The summed E-state index contributed by atoms with van der Waals surface area (Å²) in [5, 5.41) is 12.5. The second-order valence-corrected chi connectivity index (χ2v) is 3.11. The van der Waals surface area contributed by atoms with E-state index in [1.165, 1.54) is 0 Å². The van der Waals surface area contributed by atoms with Crippen molar-refractivity contribution >= 4 is 0 Å². The number of methoxy groups -OCH3 is 1. The van der Waals surface area contributed by atoms with E-state index in [0.717, 1.165) is 12.4 Å². The highest BCUT2D eigenvalue weighted by Crippen LogP contribution is 1.91. The van der Waals surface area contributed by atoms with Gasteiger partial charge in [0.15, 0.2) is 0 Å². The standard InChI is InChI=1S/C9H17N3O2/c1-14-7-8(13)2-3-10-6-9-11-4-5-12-9/h4-5,8,10,13H,2-3,6-7H2,1H3,(H,11,12). The number of ether oxygens (including phenoxy) is 1. The minimum Gasteiger partial charge on any atom is -0.391 e. The minimum atomic E-state index is -0.385. The fourth-order valence-electron chi connectivity index (χ4n) is 1.15. The second-order valence-electron chi connectivity index (χ2n) is 3.11. The van der Waals surface area contributed by atoms with Gasteiger partial charge in [0.2, 0.25) is 0 Å². The van der Waals surface area contributed by atoms with E-state index in [2.05, 4.69) is 15.3 Å². The van der Waals surface area contributed by atoms with Crippen molar-refractivity contribution in [2.45, 2.75) is 19.1 Å². The molecule has 5 nitrogen and oxygen atoms in total. The molecule has 3 N–H and O–H groups in total. The van der Waals surface area contributed by atoms with Gasteiger partial charge in [0.25, 0.3) is 0 Å². The summed E-state index contributed by atoms with van der Waals surface area (Å²) in [6.07, 6.45) is 3.81. The average molecular weight is 199 g/mol. The Hall–Kier alpha value is -0.910. The zero-order valence-electron chi connectivity index (χ0n) is 8.36. The number of H-pyrrole nitrogens is 1. The molecular weight excluding hydrogens is 182 g/mol. The molecule has 80 valence electrons. The van der Waals surface area contributed by atoms with Gasteiger partial charge in [0.05, 0.1) is 19.3 Å². The number of aliphatic hydroxyl groups excluding tert-OH is 1. The average Bonchev–Trinajstić information content (AvgIpc) is 2.65. The van der Waals surface area contributed by atoms with Gasteiger partial charge >= 0.3 is 0 Å². The Kier molecular flexibility index (Phi) is 5.21. The van der Waals surface area contributed by atoms with Gasteiger partial charge in [-0.3, -0.25) is 0 Å². The predicted octanol–water partition coefficient (Wildman–Crippen LogP) is -0.103. The monoisotopic (exact) mass is 199 g/mol. The number of hydrogen-bond acceptors (Lipinski definition) is 4. The van der Waals surface area contributed by atoms with Crippen LogP contribution < -0.4 is 5.32 Å². The Morgan fingerprint density at radius 3 is 3.21 bits per heavy atom. The summed E-state index contributed by atoms with van der Waals surface area (Å²) in [7, 11) is 1.58. The third kappa shape index (κ3) is 4.36. The molecule has 0 fully saturated rings. The number of imidazole rings is 1. The lowest BCUT2D eigenvalue weighted by atomic mass is 10.2. The van der Waals surface area contributed by atoms with Crippen molar-refractivity contribution in [2.24, 2.45) is 0 Å². The van der Waals surface area contributed by atoms with Crippen LogP contribution in [0.5, 0.6) is 0 Å². The van der Waals surface area contributed by atoms with Gasteiger partial charge in [-0.2, -0.15) is 0 Å². The highest BCUT2D eigenvalue weighted by Gasteiger charge is 2.02. The highest BCUT2D eigenvalue weighted by atomic mass is 16.5. The molecule has 5 heteroatoms. The minimum absolute atomic E-state index is 0.385. The maximum Gasteiger partial charge on any atom is 0.120 e. The molecule has 14 heavy (non-hydrogen) atoms. The summed E-state index contributed by atoms with van der Waals surface area (Å²) in [6, 6.07) is 0. The molecule has 0 aromatic carbocycles. The number of nitrogens with one attached hydrogen (secondary N) is 2. The van der Waals surface area contributed by atoms with Gasteiger partial charge in [0.1, 0.15) is 5.82 Å². The van der Waals surface area contributed by atoms with Crippen LogP contribution in [0.1, 0.15) is 12.2 Å². The molecule has 0 radical (unpaired) electrons. The van der Waals surface area contributed by atoms with E-state index >= 15 is 0 Å². The van der Waals surface area contributed by atoms with Crippen molar-refractivity contribution < 1.29 is 9.84 Å². The first-order chi connectivity index (χ1) is 6.83. The fourth-order valence-corrected chi connectivity index (χ4v) is 1.15. The summed E-state index contributed by atoms with van der Waals surface area (Å²) in [5.41, 5.74) is 0. The van der Waals surface area contributed by atoms with E-state index in [1.807, 2.05) is 0 Å². The SMILES string of the molecule is COCC(O)CCNCc1ncc[nH]1. The largest absolute Gasteiger partial charge is 0.391 e. The quantitative estimate of drug-likeness (QED) is 0.536. The van der Waals surface area contributed by atoms with Crippen molar-refractivity contribution in [3.8, 4) is 0 Å². The third-order valence-electron chi connectivity index (χ3n) is 1.86. The Morgan fingerprint density at radius 1 is 1.71 bits per heavy atom. The number of aromatic nitrogens is 2. The molecule has 1 atom stereocenters. The fraction of sp³-hybridized carbons (Fsp3) is 0.667. The molecule has 1 rings (SSSR count). The first kappa shape index (κ1) is 11.2. The summed E-state index contributed by atoms with van der Waals surface area (Å²) in [5.74, 6) is 0.909. The molecule has 0 aliphatic carbocycles. The van der Waals surface area contributed by atoms with Crippen LogP contribution in [0.4, 0.5) is 0 Å². The second kappa shape index (κ2) is 6.53. The van der Waals surface area contributed by atoms with Crippen molar-refractivity contribution in [1.82, 2.24) is 15.3 Å². The molecule has 0 saturated carbocycles. The van der Waals surface area contributed by atoms with Crippen molar-refractivity contribution in [1.29, 1.82) is 0 Å². The Labute approximate surface area is 83.5 Å². The Balaban J connectivity index is 1.99. The van der Waals surface area contributed by atoms with Gasteiger partial charge in [-0.25, -0.2) is 4.98 Å². The number of rotatable bonds is 7. The maximum atomic E-state index is 9.32. The Morgan fingerprint density at radius 2 is 2.57 bits per heavy atom. The lowest BCUT2D eigenvalue weighted by Crippen LogP contribution is -2.23. The molecule has 0 saturated heterocycles. The maximum absolute atomic E-state index is 9.32. The number of aromatic amines is 1. The van der Waals surface area contributed by atoms with Gasteiger partial charge < -0.3 is 20.1 Å². The van der Waals surface area contributed by atoms with Crippen LogP contribution >= 0.6 is 0 Å².